The summed E-state index contributed by atoms with van der Waals surface area (Å²) < 4.78 is 6.79. The number of rotatable bonds is 3. The van der Waals surface area contributed by atoms with Gasteiger partial charge in [0.05, 0.1) is 15.3 Å². The zero-order valence-corrected chi connectivity index (χ0v) is 15.5. The summed E-state index contributed by atoms with van der Waals surface area (Å²) in [6.07, 6.45) is 0. The second-order valence-corrected chi connectivity index (χ2v) is 8.45. The predicted octanol–water partition coefficient (Wildman–Crippen LogP) is 3.39. The summed E-state index contributed by atoms with van der Waals surface area (Å²) in [6, 6.07) is 1.29. The molecule has 0 radical (unpaired) electrons. The summed E-state index contributed by atoms with van der Waals surface area (Å²) in [7, 11) is 0. The first-order chi connectivity index (χ1) is 9.54. The van der Waals surface area contributed by atoms with Gasteiger partial charge in [0.15, 0.2) is 0 Å². The number of hydrogen-bond acceptors (Lipinski definition) is 5. The molecule has 0 aromatic carbocycles. The van der Waals surface area contributed by atoms with E-state index in [4.69, 9.17) is 4.74 Å². The number of amides is 1. The van der Waals surface area contributed by atoms with E-state index in [1.807, 2.05) is 0 Å². The summed E-state index contributed by atoms with van der Waals surface area (Å²) in [4.78, 5) is 26.8. The Kier molecular flexibility index (Phi) is 5.95. The Morgan fingerprint density at radius 1 is 1.50 bits per heavy atom. The summed E-state index contributed by atoms with van der Waals surface area (Å²) in [5.41, 5.74) is 0. The first kappa shape index (κ1) is 16.3. The fourth-order valence-corrected chi connectivity index (χ4v) is 4.90. The van der Waals surface area contributed by atoms with Crippen LogP contribution in [0.1, 0.15) is 16.6 Å². The lowest BCUT2D eigenvalue weighted by Crippen LogP contribution is -2.50. The van der Waals surface area contributed by atoms with E-state index in [1.165, 1.54) is 11.3 Å². The van der Waals surface area contributed by atoms with Gasteiger partial charge in [0, 0.05) is 22.5 Å². The van der Waals surface area contributed by atoms with E-state index in [0.29, 0.717) is 23.8 Å². The molecule has 0 N–H and O–H groups in total. The SMILES string of the molecule is CCOC(=O)[C@H]1CSCCN1C(=O)c1cc(Br)c(Br)s1. The van der Waals surface area contributed by atoms with Crippen molar-refractivity contribution in [2.24, 2.45) is 0 Å². The van der Waals surface area contributed by atoms with Crippen LogP contribution < -0.4 is 0 Å². The van der Waals surface area contributed by atoms with Crippen LogP contribution in [0.5, 0.6) is 0 Å². The molecule has 20 heavy (non-hydrogen) atoms. The van der Waals surface area contributed by atoms with Gasteiger partial charge in [-0.25, -0.2) is 4.79 Å². The molecule has 1 aromatic rings. The van der Waals surface area contributed by atoms with Crippen molar-refractivity contribution in [2.75, 3.05) is 24.7 Å². The lowest BCUT2D eigenvalue weighted by atomic mass is 10.2. The van der Waals surface area contributed by atoms with Crippen LogP contribution in [-0.2, 0) is 9.53 Å². The highest BCUT2D eigenvalue weighted by molar-refractivity contribution is 9.13. The van der Waals surface area contributed by atoms with Crippen molar-refractivity contribution in [1.82, 2.24) is 4.90 Å². The van der Waals surface area contributed by atoms with Crippen LogP contribution in [0.4, 0.5) is 0 Å². The van der Waals surface area contributed by atoms with Gasteiger partial charge in [-0.1, -0.05) is 0 Å². The van der Waals surface area contributed by atoms with Gasteiger partial charge in [0.25, 0.3) is 5.91 Å². The molecule has 1 fully saturated rings. The Morgan fingerprint density at radius 3 is 2.85 bits per heavy atom. The second-order valence-electron chi connectivity index (χ2n) is 4.07. The first-order valence-electron chi connectivity index (χ1n) is 6.04. The molecule has 1 aliphatic heterocycles. The van der Waals surface area contributed by atoms with Crippen LogP contribution in [0.2, 0.25) is 0 Å². The third-order valence-electron chi connectivity index (χ3n) is 2.80. The van der Waals surface area contributed by atoms with Crippen LogP contribution >= 0.6 is 55.0 Å². The highest BCUT2D eigenvalue weighted by Gasteiger charge is 2.34. The number of thioether (sulfide) groups is 1. The number of carbonyl (C=O) groups excluding carboxylic acids is 2. The maximum atomic E-state index is 12.6. The lowest BCUT2D eigenvalue weighted by Gasteiger charge is -2.33. The van der Waals surface area contributed by atoms with Gasteiger partial charge < -0.3 is 9.64 Å². The quantitative estimate of drug-likeness (QED) is 0.673. The van der Waals surface area contributed by atoms with Gasteiger partial charge >= 0.3 is 5.97 Å². The number of carbonyl (C=O) groups is 2. The standard InChI is InChI=1S/C12H13Br2NO3S2/c1-2-18-12(17)8-6-19-4-3-15(8)11(16)9-5-7(13)10(14)20-9/h5,8H,2-4,6H2,1H3/t8-/m1/s1. The van der Waals surface area contributed by atoms with Crippen LogP contribution in [0.15, 0.2) is 14.3 Å². The number of halogens is 2. The van der Waals surface area contributed by atoms with E-state index in [9.17, 15) is 9.59 Å². The molecule has 1 aromatic heterocycles. The van der Waals surface area contributed by atoms with Gasteiger partial charge in [0.1, 0.15) is 6.04 Å². The Hall–Kier alpha value is -0.0500. The Bertz CT molecular complexity index is 501. The fraction of sp³-hybridized carbons (Fsp3) is 0.500. The summed E-state index contributed by atoms with van der Waals surface area (Å²) >= 11 is 9.79. The zero-order chi connectivity index (χ0) is 14.7. The fourth-order valence-electron chi connectivity index (χ4n) is 1.87. The Morgan fingerprint density at radius 2 is 2.25 bits per heavy atom. The number of hydrogen-bond donors (Lipinski definition) is 0. The van der Waals surface area contributed by atoms with Crippen LogP contribution in [0, 0.1) is 0 Å². The maximum absolute atomic E-state index is 12.6. The van der Waals surface area contributed by atoms with Gasteiger partial charge in [-0.05, 0) is 44.8 Å². The molecule has 4 nitrogen and oxygen atoms in total. The van der Waals surface area contributed by atoms with Crippen molar-refractivity contribution in [3.05, 3.63) is 19.2 Å². The number of thiophene rings is 1. The maximum Gasteiger partial charge on any atom is 0.329 e. The molecular formula is C12H13Br2NO3S2. The molecule has 1 saturated heterocycles. The molecule has 1 aliphatic rings. The molecule has 110 valence electrons. The van der Waals surface area contributed by atoms with E-state index < -0.39 is 6.04 Å². The van der Waals surface area contributed by atoms with Gasteiger partial charge in [-0.2, -0.15) is 11.8 Å². The monoisotopic (exact) mass is 441 g/mol. The Balaban J connectivity index is 2.19. The molecule has 1 amide bonds. The second kappa shape index (κ2) is 7.29. The van der Waals surface area contributed by atoms with Crippen molar-refractivity contribution in [2.45, 2.75) is 13.0 Å². The highest BCUT2D eigenvalue weighted by Crippen LogP contribution is 2.33. The summed E-state index contributed by atoms with van der Waals surface area (Å²) in [6.45, 7) is 2.67. The van der Waals surface area contributed by atoms with Gasteiger partial charge in [-0.15, -0.1) is 11.3 Å². The minimum absolute atomic E-state index is 0.111. The number of esters is 1. The van der Waals surface area contributed by atoms with Gasteiger partial charge in [-0.3, -0.25) is 4.79 Å². The molecule has 2 heterocycles. The zero-order valence-electron chi connectivity index (χ0n) is 10.7. The largest absolute Gasteiger partial charge is 0.464 e. The number of nitrogens with zero attached hydrogens (tertiary/aromatic N) is 1. The van der Waals surface area contributed by atoms with Gasteiger partial charge in [0.2, 0.25) is 0 Å². The Labute approximate surface area is 142 Å². The minimum Gasteiger partial charge on any atom is -0.464 e. The smallest absolute Gasteiger partial charge is 0.329 e. The van der Waals surface area contributed by atoms with Crippen LogP contribution in [0.3, 0.4) is 0 Å². The van der Waals surface area contributed by atoms with E-state index in [-0.39, 0.29) is 11.9 Å². The van der Waals surface area contributed by atoms with E-state index in [0.717, 1.165) is 14.0 Å². The van der Waals surface area contributed by atoms with E-state index in [1.54, 1.807) is 29.7 Å². The molecule has 2 rings (SSSR count). The highest BCUT2D eigenvalue weighted by atomic mass is 79.9. The van der Waals surface area contributed by atoms with Crippen molar-refractivity contribution in [3.63, 3.8) is 0 Å². The average molecular weight is 443 g/mol. The predicted molar refractivity (Wildman–Crippen MR) is 88.5 cm³/mol. The van der Waals surface area contributed by atoms with E-state index in [2.05, 4.69) is 31.9 Å². The molecular weight excluding hydrogens is 430 g/mol. The molecule has 0 bridgehead atoms. The van der Waals surface area contributed by atoms with Crippen LogP contribution in [0.25, 0.3) is 0 Å². The molecule has 0 spiro atoms. The van der Waals surface area contributed by atoms with Crippen LogP contribution in [-0.4, -0.2) is 47.5 Å². The van der Waals surface area contributed by atoms with Crippen molar-refractivity contribution in [3.8, 4) is 0 Å². The van der Waals surface area contributed by atoms with Crippen molar-refractivity contribution >= 4 is 66.8 Å². The molecule has 8 heteroatoms. The molecule has 0 aliphatic carbocycles. The lowest BCUT2D eigenvalue weighted by molar-refractivity contribution is -0.147. The summed E-state index contributed by atoms with van der Waals surface area (Å²) in [5, 5.41) is 0. The van der Waals surface area contributed by atoms with E-state index >= 15 is 0 Å². The minimum atomic E-state index is -0.485. The topological polar surface area (TPSA) is 46.6 Å². The normalized spacial score (nSPS) is 18.9. The van der Waals surface area contributed by atoms with Crippen molar-refractivity contribution in [1.29, 1.82) is 0 Å². The molecule has 0 unspecified atom stereocenters. The summed E-state index contributed by atoms with van der Waals surface area (Å²) in [5.74, 6) is 1.01. The third-order valence-corrected chi connectivity index (χ3v) is 7.07. The third kappa shape index (κ3) is 3.58. The first-order valence-corrected chi connectivity index (χ1v) is 9.60. The number of ether oxygens (including phenoxy) is 1. The average Bonchev–Trinajstić information content (AvgIpc) is 2.78. The van der Waals surface area contributed by atoms with Crippen molar-refractivity contribution < 1.29 is 14.3 Å². The molecule has 1 atom stereocenters. The molecule has 0 saturated carbocycles.